The van der Waals surface area contributed by atoms with Crippen LogP contribution in [0.25, 0.3) is 0 Å². The molecule has 1 atom stereocenters. The number of imide groups is 1. The van der Waals surface area contributed by atoms with Crippen molar-refractivity contribution >= 4 is 41.8 Å². The fourth-order valence-corrected chi connectivity index (χ4v) is 3.63. The van der Waals surface area contributed by atoms with Crippen LogP contribution in [0.1, 0.15) is 51.1 Å². The second-order valence-corrected chi connectivity index (χ2v) is 7.59. The van der Waals surface area contributed by atoms with E-state index in [4.69, 9.17) is 4.74 Å². The van der Waals surface area contributed by atoms with E-state index in [2.05, 4.69) is 35.5 Å². The van der Waals surface area contributed by atoms with Crippen molar-refractivity contribution in [2.75, 3.05) is 20.1 Å². The van der Waals surface area contributed by atoms with Crippen LogP contribution in [0.4, 0.5) is 0 Å². The highest BCUT2D eigenvalue weighted by molar-refractivity contribution is 14.0. The Morgan fingerprint density at radius 1 is 1.25 bits per heavy atom. The fourth-order valence-electron chi connectivity index (χ4n) is 3.63. The van der Waals surface area contributed by atoms with Crippen molar-refractivity contribution in [2.45, 2.75) is 51.2 Å². The molecule has 1 aromatic carbocycles. The molecule has 2 aliphatic heterocycles. The lowest BCUT2D eigenvalue weighted by atomic mass is 9.90. The van der Waals surface area contributed by atoms with Gasteiger partial charge in [-0.2, -0.15) is 0 Å². The molecule has 8 heteroatoms. The molecule has 3 rings (SSSR count). The molecule has 0 aliphatic carbocycles. The van der Waals surface area contributed by atoms with Crippen molar-refractivity contribution in [2.24, 2.45) is 4.99 Å². The van der Waals surface area contributed by atoms with E-state index in [0.29, 0.717) is 38.3 Å². The Morgan fingerprint density at radius 3 is 2.61 bits per heavy atom. The van der Waals surface area contributed by atoms with Gasteiger partial charge in [0, 0.05) is 45.0 Å². The Labute approximate surface area is 183 Å². The smallest absolute Gasteiger partial charge is 0.229 e. The average Bonchev–Trinajstić information content (AvgIpc) is 2.62. The summed E-state index contributed by atoms with van der Waals surface area (Å²) < 4.78 is 6.07. The SMILES string of the molecule is CN=C(NCCN1C(=O)CCCC1=O)NC1CC(C)(C)Oc2ccccc21.I. The van der Waals surface area contributed by atoms with E-state index in [0.717, 1.165) is 17.7 Å². The van der Waals surface area contributed by atoms with E-state index >= 15 is 0 Å². The summed E-state index contributed by atoms with van der Waals surface area (Å²) in [6.45, 7) is 4.96. The molecule has 1 unspecified atom stereocenters. The molecule has 1 fully saturated rings. The fraction of sp³-hybridized carbons (Fsp3) is 0.550. The Balaban J connectivity index is 0.00000280. The number of nitrogens with one attached hydrogen (secondary N) is 2. The number of carbonyl (C=O) groups is 2. The predicted molar refractivity (Wildman–Crippen MR) is 119 cm³/mol. The van der Waals surface area contributed by atoms with E-state index in [1.165, 1.54) is 4.90 Å². The van der Waals surface area contributed by atoms with Gasteiger partial charge in [0.15, 0.2) is 5.96 Å². The molecule has 0 saturated carbocycles. The van der Waals surface area contributed by atoms with E-state index < -0.39 is 0 Å². The van der Waals surface area contributed by atoms with Gasteiger partial charge in [-0.05, 0) is 26.3 Å². The third kappa shape index (κ3) is 5.36. The first-order valence-corrected chi connectivity index (χ1v) is 9.48. The van der Waals surface area contributed by atoms with Gasteiger partial charge in [0.05, 0.1) is 6.04 Å². The normalized spacial score (nSPS) is 21.3. The first kappa shape index (κ1) is 22.4. The molecule has 2 heterocycles. The highest BCUT2D eigenvalue weighted by Crippen LogP contribution is 2.39. The number of aliphatic imine (C=N–C) groups is 1. The third-order valence-corrected chi connectivity index (χ3v) is 4.92. The Bertz CT molecular complexity index is 735. The molecular weight excluding hydrogens is 471 g/mol. The van der Waals surface area contributed by atoms with Crippen molar-refractivity contribution in [3.05, 3.63) is 29.8 Å². The van der Waals surface area contributed by atoms with Crippen LogP contribution in [0.5, 0.6) is 5.75 Å². The van der Waals surface area contributed by atoms with E-state index in [-0.39, 0.29) is 47.4 Å². The average molecular weight is 500 g/mol. The molecular formula is C20H29IN4O3. The summed E-state index contributed by atoms with van der Waals surface area (Å²) >= 11 is 0. The van der Waals surface area contributed by atoms with Crippen LogP contribution in [0.2, 0.25) is 0 Å². The van der Waals surface area contributed by atoms with Gasteiger partial charge in [-0.1, -0.05) is 18.2 Å². The van der Waals surface area contributed by atoms with Crippen molar-refractivity contribution in [3.63, 3.8) is 0 Å². The van der Waals surface area contributed by atoms with E-state index in [1.807, 2.05) is 18.2 Å². The molecule has 0 bridgehead atoms. The standard InChI is InChI=1S/C20H28N4O3.HI/c1-20(2)13-15(14-7-4-5-8-16(14)27-20)23-19(21-3)22-11-12-24-17(25)9-6-10-18(24)26;/h4-5,7-8,15H,6,9-13H2,1-3H3,(H2,21,22,23);1H. The van der Waals surface area contributed by atoms with Crippen LogP contribution in [-0.2, 0) is 9.59 Å². The van der Waals surface area contributed by atoms with Gasteiger partial charge in [0.1, 0.15) is 11.4 Å². The van der Waals surface area contributed by atoms with Gasteiger partial charge in [0.2, 0.25) is 11.8 Å². The summed E-state index contributed by atoms with van der Waals surface area (Å²) in [6.07, 6.45) is 2.36. The lowest BCUT2D eigenvalue weighted by molar-refractivity contribution is -0.147. The Hall–Kier alpha value is -1.84. The first-order valence-electron chi connectivity index (χ1n) is 9.48. The number of benzene rings is 1. The Kier molecular flexibility index (Phi) is 7.68. The summed E-state index contributed by atoms with van der Waals surface area (Å²) in [6, 6.07) is 8.07. The van der Waals surface area contributed by atoms with Crippen LogP contribution in [-0.4, -0.2) is 48.4 Å². The number of nitrogens with zero attached hydrogens (tertiary/aromatic N) is 2. The zero-order valence-corrected chi connectivity index (χ0v) is 19.0. The summed E-state index contributed by atoms with van der Waals surface area (Å²) in [5.74, 6) is 1.35. The lowest BCUT2D eigenvalue weighted by Gasteiger charge is -2.38. The molecule has 154 valence electrons. The monoisotopic (exact) mass is 500 g/mol. The number of hydrogen-bond acceptors (Lipinski definition) is 4. The van der Waals surface area contributed by atoms with Crippen molar-refractivity contribution in [1.82, 2.24) is 15.5 Å². The molecule has 0 spiro atoms. The second kappa shape index (κ2) is 9.58. The number of likely N-dealkylation sites (tertiary alicyclic amines) is 1. The number of ether oxygens (including phenoxy) is 1. The predicted octanol–water partition coefficient (Wildman–Crippen LogP) is 2.61. The van der Waals surface area contributed by atoms with Crippen LogP contribution >= 0.6 is 24.0 Å². The third-order valence-electron chi connectivity index (χ3n) is 4.92. The Morgan fingerprint density at radius 2 is 1.93 bits per heavy atom. The van der Waals surface area contributed by atoms with Gasteiger partial charge in [-0.25, -0.2) is 0 Å². The molecule has 2 amide bonds. The first-order chi connectivity index (χ1) is 12.9. The van der Waals surface area contributed by atoms with Crippen molar-refractivity contribution in [1.29, 1.82) is 0 Å². The molecule has 1 saturated heterocycles. The number of piperidine rings is 1. The minimum Gasteiger partial charge on any atom is -0.487 e. The van der Waals surface area contributed by atoms with Crippen LogP contribution < -0.4 is 15.4 Å². The van der Waals surface area contributed by atoms with Crippen molar-refractivity contribution < 1.29 is 14.3 Å². The highest BCUT2D eigenvalue weighted by Gasteiger charge is 2.34. The van der Waals surface area contributed by atoms with Gasteiger partial charge >= 0.3 is 0 Å². The van der Waals surface area contributed by atoms with Gasteiger partial charge in [-0.3, -0.25) is 19.5 Å². The van der Waals surface area contributed by atoms with Crippen LogP contribution in [0.15, 0.2) is 29.3 Å². The largest absolute Gasteiger partial charge is 0.487 e. The number of guanidine groups is 1. The quantitative estimate of drug-likeness (QED) is 0.288. The van der Waals surface area contributed by atoms with E-state index in [9.17, 15) is 9.59 Å². The van der Waals surface area contributed by atoms with Gasteiger partial charge in [0.25, 0.3) is 0 Å². The minimum absolute atomic E-state index is 0. The zero-order valence-electron chi connectivity index (χ0n) is 16.7. The van der Waals surface area contributed by atoms with Gasteiger partial charge < -0.3 is 15.4 Å². The van der Waals surface area contributed by atoms with E-state index in [1.54, 1.807) is 7.05 Å². The molecule has 2 aliphatic rings. The summed E-state index contributed by atoms with van der Waals surface area (Å²) in [5.41, 5.74) is 0.818. The topological polar surface area (TPSA) is 83.0 Å². The number of para-hydroxylation sites is 1. The molecule has 28 heavy (non-hydrogen) atoms. The summed E-state index contributed by atoms with van der Waals surface area (Å²) in [4.78, 5) is 29.4. The maximum absolute atomic E-state index is 11.9. The number of rotatable bonds is 4. The van der Waals surface area contributed by atoms with Crippen LogP contribution in [0.3, 0.4) is 0 Å². The maximum Gasteiger partial charge on any atom is 0.229 e. The molecule has 0 aromatic heterocycles. The molecule has 2 N–H and O–H groups in total. The number of halogens is 1. The maximum atomic E-state index is 11.9. The zero-order chi connectivity index (χ0) is 19.4. The lowest BCUT2D eigenvalue weighted by Crippen LogP contribution is -2.48. The summed E-state index contributed by atoms with van der Waals surface area (Å²) in [7, 11) is 1.71. The number of carbonyl (C=O) groups excluding carboxylic acids is 2. The molecule has 7 nitrogen and oxygen atoms in total. The number of amides is 2. The minimum atomic E-state index is -0.280. The van der Waals surface area contributed by atoms with Gasteiger partial charge in [-0.15, -0.1) is 24.0 Å². The number of hydrogen-bond donors (Lipinski definition) is 2. The second-order valence-electron chi connectivity index (χ2n) is 7.59. The van der Waals surface area contributed by atoms with Crippen LogP contribution in [0, 0.1) is 0 Å². The molecule has 0 radical (unpaired) electrons. The number of fused-ring (bicyclic) bond motifs is 1. The van der Waals surface area contributed by atoms with Crippen molar-refractivity contribution in [3.8, 4) is 5.75 Å². The summed E-state index contributed by atoms with van der Waals surface area (Å²) in [5, 5.41) is 6.66. The highest BCUT2D eigenvalue weighted by atomic mass is 127. The molecule has 1 aromatic rings.